The number of thiazole rings is 1. The van der Waals surface area contributed by atoms with E-state index in [0.717, 1.165) is 60.2 Å². The highest BCUT2D eigenvalue weighted by molar-refractivity contribution is 7.22. The van der Waals surface area contributed by atoms with Crippen LogP contribution in [0.5, 0.6) is 0 Å². The molecule has 0 aliphatic carbocycles. The summed E-state index contributed by atoms with van der Waals surface area (Å²) < 4.78 is 8.33. The van der Waals surface area contributed by atoms with Gasteiger partial charge in [0.05, 0.1) is 23.4 Å². The lowest BCUT2D eigenvalue weighted by atomic mass is 10.2. The summed E-state index contributed by atoms with van der Waals surface area (Å²) in [5.41, 5.74) is 2.70. The molecular formula is C22H29N5O2S. The third kappa shape index (κ3) is 4.40. The largest absolute Gasteiger partial charge is 0.379 e. The minimum atomic E-state index is -0.0418. The Morgan fingerprint density at radius 3 is 2.80 bits per heavy atom. The van der Waals surface area contributed by atoms with Crippen molar-refractivity contribution in [1.29, 1.82) is 0 Å². The fourth-order valence-corrected chi connectivity index (χ4v) is 4.85. The second-order valence-electron chi connectivity index (χ2n) is 7.94. The topological polar surface area (TPSA) is 63.5 Å². The van der Waals surface area contributed by atoms with Crippen LogP contribution in [0.25, 0.3) is 10.2 Å². The summed E-state index contributed by atoms with van der Waals surface area (Å²) >= 11 is 1.58. The molecule has 0 unspecified atom stereocenters. The Balaban J connectivity index is 1.60. The Kier molecular flexibility index (Phi) is 6.46. The van der Waals surface area contributed by atoms with E-state index in [-0.39, 0.29) is 11.9 Å². The molecule has 0 radical (unpaired) electrons. The average Bonchev–Trinajstić information content (AvgIpc) is 3.39. The molecule has 8 heteroatoms. The quantitative estimate of drug-likeness (QED) is 0.575. The van der Waals surface area contributed by atoms with Gasteiger partial charge in [-0.05, 0) is 44.9 Å². The van der Waals surface area contributed by atoms with Crippen molar-refractivity contribution in [3.8, 4) is 0 Å². The van der Waals surface area contributed by atoms with Crippen LogP contribution in [0.4, 0.5) is 5.13 Å². The SMILES string of the molecule is Cc1cccc2sc(N(CCCN3CCOCC3)C(=O)c3ccnn3C(C)C)nc12. The maximum Gasteiger partial charge on any atom is 0.278 e. The monoisotopic (exact) mass is 427 g/mol. The van der Waals surface area contributed by atoms with Gasteiger partial charge in [-0.25, -0.2) is 4.98 Å². The summed E-state index contributed by atoms with van der Waals surface area (Å²) in [4.78, 5) is 22.6. The lowest BCUT2D eigenvalue weighted by molar-refractivity contribution is 0.0376. The van der Waals surface area contributed by atoms with E-state index < -0.39 is 0 Å². The molecule has 4 rings (SSSR count). The summed E-state index contributed by atoms with van der Waals surface area (Å²) in [6, 6.07) is 8.09. The number of carbonyl (C=O) groups excluding carboxylic acids is 1. The van der Waals surface area contributed by atoms with Crippen LogP contribution >= 0.6 is 11.3 Å². The fourth-order valence-electron chi connectivity index (χ4n) is 3.78. The molecule has 1 amide bonds. The predicted molar refractivity (Wildman–Crippen MR) is 121 cm³/mol. The Morgan fingerprint density at radius 1 is 1.27 bits per heavy atom. The van der Waals surface area contributed by atoms with E-state index in [1.807, 2.05) is 24.8 Å². The molecular weight excluding hydrogens is 398 g/mol. The number of aromatic nitrogens is 3. The first-order chi connectivity index (χ1) is 14.5. The molecule has 3 heterocycles. The van der Waals surface area contributed by atoms with Crippen molar-refractivity contribution in [1.82, 2.24) is 19.7 Å². The predicted octanol–water partition coefficient (Wildman–Crippen LogP) is 3.75. The minimum Gasteiger partial charge on any atom is -0.379 e. The van der Waals surface area contributed by atoms with Crippen molar-refractivity contribution in [3.05, 3.63) is 41.7 Å². The van der Waals surface area contributed by atoms with Crippen LogP contribution in [0.2, 0.25) is 0 Å². The average molecular weight is 428 g/mol. The number of rotatable bonds is 7. The molecule has 30 heavy (non-hydrogen) atoms. The standard InChI is InChI=1S/C22H29N5O2S/c1-16(2)27-18(8-9-23-27)21(28)26(11-5-10-25-12-14-29-15-13-25)22-24-20-17(3)6-4-7-19(20)30-22/h4,6-9,16H,5,10-15H2,1-3H3. The number of hydrogen-bond acceptors (Lipinski definition) is 6. The van der Waals surface area contributed by atoms with Gasteiger partial charge in [0.1, 0.15) is 5.69 Å². The highest BCUT2D eigenvalue weighted by Gasteiger charge is 2.25. The molecule has 7 nitrogen and oxygen atoms in total. The van der Waals surface area contributed by atoms with Gasteiger partial charge in [-0.3, -0.25) is 19.3 Å². The van der Waals surface area contributed by atoms with Crippen LogP contribution < -0.4 is 4.90 Å². The zero-order chi connectivity index (χ0) is 21.1. The molecule has 1 saturated heterocycles. The van der Waals surface area contributed by atoms with Crippen molar-refractivity contribution in [2.24, 2.45) is 0 Å². The zero-order valence-corrected chi connectivity index (χ0v) is 18.7. The van der Waals surface area contributed by atoms with Crippen LogP contribution in [-0.4, -0.2) is 65.0 Å². The molecule has 1 aliphatic heterocycles. The van der Waals surface area contributed by atoms with Crippen molar-refractivity contribution in [2.45, 2.75) is 33.2 Å². The third-order valence-corrected chi connectivity index (χ3v) is 6.47. The van der Waals surface area contributed by atoms with Gasteiger partial charge in [0, 0.05) is 38.4 Å². The van der Waals surface area contributed by atoms with Gasteiger partial charge in [-0.1, -0.05) is 23.5 Å². The molecule has 3 aromatic rings. The van der Waals surface area contributed by atoms with Crippen LogP contribution in [0.3, 0.4) is 0 Å². The van der Waals surface area contributed by atoms with E-state index in [9.17, 15) is 4.79 Å². The van der Waals surface area contributed by atoms with E-state index in [4.69, 9.17) is 9.72 Å². The molecule has 0 bridgehead atoms. The summed E-state index contributed by atoms with van der Waals surface area (Å²) in [5.74, 6) is -0.0418. The van der Waals surface area contributed by atoms with E-state index in [2.05, 4.69) is 29.1 Å². The van der Waals surface area contributed by atoms with E-state index in [1.165, 1.54) is 0 Å². The van der Waals surface area contributed by atoms with Crippen molar-refractivity contribution >= 4 is 32.6 Å². The second kappa shape index (κ2) is 9.24. The lowest BCUT2D eigenvalue weighted by Crippen LogP contribution is -2.39. The van der Waals surface area contributed by atoms with Crippen LogP contribution in [0, 0.1) is 6.92 Å². The molecule has 160 valence electrons. The van der Waals surface area contributed by atoms with E-state index >= 15 is 0 Å². The number of ether oxygens (including phenoxy) is 1. The molecule has 0 spiro atoms. The fraction of sp³-hybridized carbons (Fsp3) is 0.500. The zero-order valence-electron chi connectivity index (χ0n) is 17.9. The van der Waals surface area contributed by atoms with E-state index in [0.29, 0.717) is 12.2 Å². The van der Waals surface area contributed by atoms with Gasteiger partial charge in [-0.2, -0.15) is 5.10 Å². The van der Waals surface area contributed by atoms with Gasteiger partial charge in [0.25, 0.3) is 5.91 Å². The summed E-state index contributed by atoms with van der Waals surface area (Å²) in [5, 5.41) is 5.11. The van der Waals surface area contributed by atoms with Gasteiger partial charge < -0.3 is 4.74 Å². The van der Waals surface area contributed by atoms with Gasteiger partial charge in [0.2, 0.25) is 0 Å². The highest BCUT2D eigenvalue weighted by atomic mass is 32.1. The number of para-hydroxylation sites is 1. The number of anilines is 1. The number of benzene rings is 1. The number of nitrogens with zero attached hydrogens (tertiary/aromatic N) is 5. The lowest BCUT2D eigenvalue weighted by Gasteiger charge is -2.28. The molecule has 0 saturated carbocycles. The molecule has 0 N–H and O–H groups in total. The molecule has 1 aromatic carbocycles. The number of amides is 1. The first-order valence-corrected chi connectivity index (χ1v) is 11.4. The number of aryl methyl sites for hydroxylation is 1. The van der Waals surface area contributed by atoms with Crippen LogP contribution in [0.1, 0.15) is 42.4 Å². The highest BCUT2D eigenvalue weighted by Crippen LogP contribution is 2.31. The van der Waals surface area contributed by atoms with Crippen molar-refractivity contribution in [3.63, 3.8) is 0 Å². The van der Waals surface area contributed by atoms with Gasteiger partial charge in [-0.15, -0.1) is 0 Å². The van der Waals surface area contributed by atoms with Crippen molar-refractivity contribution < 1.29 is 9.53 Å². The van der Waals surface area contributed by atoms with E-state index in [1.54, 1.807) is 28.3 Å². The molecule has 2 aromatic heterocycles. The van der Waals surface area contributed by atoms with Crippen LogP contribution in [-0.2, 0) is 4.74 Å². The van der Waals surface area contributed by atoms with Gasteiger partial charge in [0.15, 0.2) is 5.13 Å². The molecule has 0 atom stereocenters. The summed E-state index contributed by atoms with van der Waals surface area (Å²) in [7, 11) is 0. The maximum atomic E-state index is 13.6. The number of fused-ring (bicyclic) bond motifs is 1. The minimum absolute atomic E-state index is 0.0418. The van der Waals surface area contributed by atoms with Gasteiger partial charge >= 0.3 is 0 Å². The first kappa shape index (κ1) is 21.0. The van der Waals surface area contributed by atoms with Crippen LogP contribution in [0.15, 0.2) is 30.5 Å². The Labute approximate surface area is 181 Å². The summed E-state index contributed by atoms with van der Waals surface area (Å²) in [6.07, 6.45) is 2.58. The smallest absolute Gasteiger partial charge is 0.278 e. The maximum absolute atomic E-state index is 13.6. The Bertz CT molecular complexity index is 1010. The third-order valence-electron chi connectivity index (χ3n) is 5.42. The normalized spacial score (nSPS) is 15.2. The second-order valence-corrected chi connectivity index (χ2v) is 8.95. The molecule has 1 aliphatic rings. The van der Waals surface area contributed by atoms with Crippen molar-refractivity contribution in [2.75, 3.05) is 44.3 Å². The first-order valence-electron chi connectivity index (χ1n) is 10.6. The Hall–Kier alpha value is -2.29. The number of hydrogen-bond donors (Lipinski definition) is 0. The Morgan fingerprint density at radius 2 is 2.07 bits per heavy atom. The number of morpholine rings is 1. The summed E-state index contributed by atoms with van der Waals surface area (Å²) in [6.45, 7) is 11.2. The number of carbonyl (C=O) groups is 1. The molecule has 1 fully saturated rings.